The molecule has 174 valence electrons. The zero-order valence-electron chi connectivity index (χ0n) is 17.8. The molecule has 9 heteroatoms. The Labute approximate surface area is 195 Å². The number of amides is 1. The second-order valence-electron chi connectivity index (χ2n) is 8.01. The summed E-state index contributed by atoms with van der Waals surface area (Å²) in [5.41, 5.74) is 0.251. The maximum absolute atomic E-state index is 13.6. The van der Waals surface area contributed by atoms with Crippen molar-refractivity contribution in [2.75, 3.05) is 39.4 Å². The summed E-state index contributed by atoms with van der Waals surface area (Å²) in [4.78, 5) is 29.6. The van der Waals surface area contributed by atoms with Gasteiger partial charge in [0.15, 0.2) is 0 Å². The highest BCUT2D eigenvalue weighted by molar-refractivity contribution is 6.46. The molecule has 7 nitrogen and oxygen atoms in total. The highest BCUT2D eigenvalue weighted by atomic mass is 35.5. The van der Waals surface area contributed by atoms with Gasteiger partial charge < -0.3 is 19.8 Å². The van der Waals surface area contributed by atoms with E-state index in [1.54, 1.807) is 0 Å². The number of aliphatic hydroxyl groups excluding tert-OH is 1. The van der Waals surface area contributed by atoms with Crippen LogP contribution in [0.4, 0.5) is 4.39 Å². The number of Topliss-reactive ketones (excluding diaryl/α,β-unsaturated/α-hetero) is 1. The fourth-order valence-corrected chi connectivity index (χ4v) is 4.41. The number of hydrogen-bond donors (Lipinski definition) is 2. The van der Waals surface area contributed by atoms with Gasteiger partial charge in [-0.3, -0.25) is 14.5 Å². The number of morpholine rings is 1. The van der Waals surface area contributed by atoms with E-state index < -0.39 is 29.3 Å². The van der Waals surface area contributed by atoms with Crippen molar-refractivity contribution in [3.05, 3.63) is 70.0 Å². The van der Waals surface area contributed by atoms with E-state index in [0.29, 0.717) is 25.2 Å². The highest BCUT2D eigenvalue weighted by Gasteiger charge is 2.46. The molecule has 2 heterocycles. The van der Waals surface area contributed by atoms with E-state index in [2.05, 4.69) is 4.90 Å². The summed E-state index contributed by atoms with van der Waals surface area (Å²) in [6.45, 7) is 3.90. The number of halogens is 2. The summed E-state index contributed by atoms with van der Waals surface area (Å²) in [5.74, 6) is -2.90. The predicted molar refractivity (Wildman–Crippen MR) is 120 cm³/mol. The van der Waals surface area contributed by atoms with Crippen molar-refractivity contribution in [1.82, 2.24) is 9.80 Å². The van der Waals surface area contributed by atoms with Gasteiger partial charge in [0, 0.05) is 31.2 Å². The molecule has 0 radical (unpaired) electrons. The van der Waals surface area contributed by atoms with Crippen LogP contribution in [-0.2, 0) is 14.3 Å². The SMILES string of the molecule is O=C1C(=O)N(CCCN2CCOCC2)[C@H](c2ccc(F)cc2)C1=C(O)c1cc(Cl)ccc1O. The number of aliphatic hydroxyl groups is 1. The van der Waals surface area contributed by atoms with E-state index in [9.17, 15) is 24.2 Å². The largest absolute Gasteiger partial charge is 0.507 e. The molecule has 2 saturated heterocycles. The van der Waals surface area contributed by atoms with Crippen LogP contribution in [0.15, 0.2) is 48.0 Å². The summed E-state index contributed by atoms with van der Waals surface area (Å²) < 4.78 is 18.9. The molecule has 1 amide bonds. The summed E-state index contributed by atoms with van der Waals surface area (Å²) in [6, 6.07) is 8.56. The molecule has 1 atom stereocenters. The Morgan fingerprint density at radius 3 is 2.48 bits per heavy atom. The number of ether oxygens (including phenoxy) is 1. The van der Waals surface area contributed by atoms with Gasteiger partial charge in [0.1, 0.15) is 17.3 Å². The zero-order valence-corrected chi connectivity index (χ0v) is 18.6. The van der Waals surface area contributed by atoms with Crippen molar-refractivity contribution in [1.29, 1.82) is 0 Å². The van der Waals surface area contributed by atoms with Crippen molar-refractivity contribution in [3.63, 3.8) is 0 Å². The van der Waals surface area contributed by atoms with Crippen molar-refractivity contribution in [3.8, 4) is 5.75 Å². The maximum atomic E-state index is 13.6. The lowest BCUT2D eigenvalue weighted by Gasteiger charge is -2.29. The number of carbonyl (C=O) groups excluding carboxylic acids is 2. The molecule has 2 fully saturated rings. The summed E-state index contributed by atoms with van der Waals surface area (Å²) in [6.07, 6.45) is 0.604. The van der Waals surface area contributed by atoms with Gasteiger partial charge in [-0.15, -0.1) is 0 Å². The summed E-state index contributed by atoms with van der Waals surface area (Å²) in [7, 11) is 0. The van der Waals surface area contributed by atoms with Crippen LogP contribution in [0, 0.1) is 5.82 Å². The van der Waals surface area contributed by atoms with Crippen LogP contribution in [0.5, 0.6) is 5.75 Å². The maximum Gasteiger partial charge on any atom is 0.295 e. The molecule has 2 aromatic carbocycles. The standard InChI is InChI=1S/C24H24ClFN2O5/c25-16-4-7-19(29)18(14-16)22(30)20-21(15-2-5-17(26)6-3-15)28(24(32)23(20)31)9-1-8-27-10-12-33-13-11-27/h2-7,14,21,29-30H,1,8-13H2/t21-/m1/s1. The molecule has 2 N–H and O–H groups in total. The molecular formula is C24H24ClFN2O5. The van der Waals surface area contributed by atoms with Gasteiger partial charge in [0.2, 0.25) is 0 Å². The quantitative estimate of drug-likeness (QED) is 0.379. The van der Waals surface area contributed by atoms with Crippen molar-refractivity contribution >= 4 is 29.1 Å². The normalized spacial score (nSPS) is 21.0. The van der Waals surface area contributed by atoms with Gasteiger partial charge in [-0.25, -0.2) is 4.39 Å². The third kappa shape index (κ3) is 4.88. The molecule has 0 unspecified atom stereocenters. The van der Waals surface area contributed by atoms with E-state index in [1.807, 2.05) is 0 Å². The first kappa shape index (κ1) is 23.2. The van der Waals surface area contributed by atoms with Crippen molar-refractivity contribution in [2.24, 2.45) is 0 Å². The molecular weight excluding hydrogens is 451 g/mol. The number of aromatic hydroxyl groups is 1. The first-order chi connectivity index (χ1) is 15.9. The summed E-state index contributed by atoms with van der Waals surface area (Å²) >= 11 is 6.01. The number of benzene rings is 2. The molecule has 33 heavy (non-hydrogen) atoms. The fraction of sp³-hybridized carbons (Fsp3) is 0.333. The zero-order chi connectivity index (χ0) is 23.5. The van der Waals surface area contributed by atoms with Gasteiger partial charge in [-0.2, -0.15) is 0 Å². The van der Waals surface area contributed by atoms with Crippen LogP contribution < -0.4 is 0 Å². The second-order valence-corrected chi connectivity index (χ2v) is 8.45. The minimum Gasteiger partial charge on any atom is -0.507 e. The molecule has 0 saturated carbocycles. The Morgan fingerprint density at radius 2 is 1.79 bits per heavy atom. The van der Waals surface area contributed by atoms with Crippen LogP contribution in [0.3, 0.4) is 0 Å². The Balaban J connectivity index is 1.70. The Morgan fingerprint density at radius 1 is 1.09 bits per heavy atom. The van der Waals surface area contributed by atoms with Gasteiger partial charge in [0.25, 0.3) is 11.7 Å². The van der Waals surface area contributed by atoms with Crippen molar-refractivity contribution < 1.29 is 28.9 Å². The number of nitrogens with zero attached hydrogens (tertiary/aromatic N) is 2. The topological polar surface area (TPSA) is 90.3 Å². The fourth-order valence-electron chi connectivity index (χ4n) is 4.23. The molecule has 2 aromatic rings. The second kappa shape index (κ2) is 9.91. The molecule has 0 bridgehead atoms. The molecule has 0 aliphatic carbocycles. The molecule has 0 aromatic heterocycles. The Hall–Kier alpha value is -2.94. The lowest BCUT2D eigenvalue weighted by molar-refractivity contribution is -0.140. The average molecular weight is 475 g/mol. The molecule has 2 aliphatic rings. The van der Waals surface area contributed by atoms with E-state index in [-0.39, 0.29) is 28.5 Å². The van der Waals surface area contributed by atoms with Crippen LogP contribution >= 0.6 is 11.6 Å². The number of rotatable bonds is 6. The lowest BCUT2D eigenvalue weighted by atomic mass is 9.95. The lowest BCUT2D eigenvalue weighted by Crippen LogP contribution is -2.38. The van der Waals surface area contributed by atoms with Crippen LogP contribution in [-0.4, -0.2) is 71.1 Å². The monoisotopic (exact) mass is 474 g/mol. The van der Waals surface area contributed by atoms with Gasteiger partial charge in [0.05, 0.1) is 30.4 Å². The molecule has 4 rings (SSSR count). The number of carbonyl (C=O) groups is 2. The minimum absolute atomic E-state index is 0.0547. The summed E-state index contributed by atoms with van der Waals surface area (Å²) in [5, 5.41) is 21.5. The van der Waals surface area contributed by atoms with Crippen LogP contribution in [0.25, 0.3) is 5.76 Å². The van der Waals surface area contributed by atoms with Gasteiger partial charge in [-0.05, 0) is 42.3 Å². The Kier molecular flexibility index (Phi) is 6.97. The molecule has 0 spiro atoms. The van der Waals surface area contributed by atoms with E-state index in [0.717, 1.165) is 19.6 Å². The predicted octanol–water partition coefficient (Wildman–Crippen LogP) is 3.33. The number of likely N-dealkylation sites (tertiary alicyclic amines) is 1. The van der Waals surface area contributed by atoms with Crippen LogP contribution in [0.2, 0.25) is 5.02 Å². The minimum atomic E-state index is -0.923. The first-order valence-electron chi connectivity index (χ1n) is 10.7. The highest BCUT2D eigenvalue weighted by Crippen LogP contribution is 2.41. The van der Waals surface area contributed by atoms with E-state index >= 15 is 0 Å². The van der Waals surface area contributed by atoms with Gasteiger partial charge >= 0.3 is 0 Å². The van der Waals surface area contributed by atoms with Crippen molar-refractivity contribution in [2.45, 2.75) is 12.5 Å². The number of phenols is 1. The first-order valence-corrected chi connectivity index (χ1v) is 11.1. The third-order valence-corrected chi connectivity index (χ3v) is 6.15. The van der Waals surface area contributed by atoms with E-state index in [1.165, 1.54) is 47.4 Å². The molecule has 2 aliphatic heterocycles. The average Bonchev–Trinajstić information content (AvgIpc) is 3.06. The number of ketones is 1. The Bertz CT molecular complexity index is 1080. The third-order valence-electron chi connectivity index (χ3n) is 5.92. The number of hydrogen-bond acceptors (Lipinski definition) is 6. The van der Waals surface area contributed by atoms with E-state index in [4.69, 9.17) is 16.3 Å². The smallest absolute Gasteiger partial charge is 0.295 e. The van der Waals surface area contributed by atoms with Crippen LogP contribution in [0.1, 0.15) is 23.6 Å². The van der Waals surface area contributed by atoms with Gasteiger partial charge in [-0.1, -0.05) is 23.7 Å². The number of phenolic OH excluding ortho intramolecular Hbond substituents is 1.